The van der Waals surface area contributed by atoms with Crippen molar-refractivity contribution in [2.45, 2.75) is 24.7 Å². The van der Waals surface area contributed by atoms with Crippen LogP contribution in [0.1, 0.15) is 24.8 Å². The summed E-state index contributed by atoms with van der Waals surface area (Å²) in [5, 5.41) is 7.77. The molecule has 0 amide bonds. The minimum absolute atomic E-state index is 0.0562. The molecule has 22 heavy (non-hydrogen) atoms. The van der Waals surface area contributed by atoms with Gasteiger partial charge in [-0.05, 0) is 47.7 Å². The summed E-state index contributed by atoms with van der Waals surface area (Å²) in [6.07, 6.45) is 6.66. The van der Waals surface area contributed by atoms with Gasteiger partial charge in [-0.3, -0.25) is 5.10 Å². The first-order valence-corrected chi connectivity index (χ1v) is 7.51. The second kappa shape index (κ2) is 4.88. The van der Waals surface area contributed by atoms with Crippen molar-refractivity contribution in [3.05, 3.63) is 48.0 Å². The number of pyridine rings is 1. The van der Waals surface area contributed by atoms with Gasteiger partial charge < -0.3 is 5.73 Å². The molecule has 3 aromatic rings. The SMILES string of the molecule is NCC1(c2cc(F)cc(-c3ccnc4[nH]ncc34)c2)CCC1. The number of aromatic nitrogens is 3. The average Bonchev–Trinajstić information content (AvgIpc) is 2.94. The fourth-order valence-corrected chi connectivity index (χ4v) is 3.37. The maximum absolute atomic E-state index is 14.2. The number of halogens is 1. The molecular formula is C17H17FN4. The van der Waals surface area contributed by atoms with E-state index >= 15 is 0 Å². The second-order valence-electron chi connectivity index (χ2n) is 6.06. The predicted molar refractivity (Wildman–Crippen MR) is 83.9 cm³/mol. The number of benzene rings is 1. The molecule has 0 spiro atoms. The molecule has 0 bridgehead atoms. The topological polar surface area (TPSA) is 67.6 Å². The largest absolute Gasteiger partial charge is 0.330 e. The maximum Gasteiger partial charge on any atom is 0.155 e. The monoisotopic (exact) mass is 296 g/mol. The van der Waals surface area contributed by atoms with Gasteiger partial charge in [0.1, 0.15) is 5.82 Å². The van der Waals surface area contributed by atoms with Crippen molar-refractivity contribution in [2.24, 2.45) is 5.73 Å². The Morgan fingerprint density at radius 3 is 2.86 bits per heavy atom. The van der Waals surface area contributed by atoms with Crippen LogP contribution in [0.25, 0.3) is 22.2 Å². The zero-order chi connectivity index (χ0) is 15.2. The van der Waals surface area contributed by atoms with E-state index in [1.807, 2.05) is 6.07 Å². The Bertz CT molecular complexity index is 830. The van der Waals surface area contributed by atoms with Gasteiger partial charge in [0.05, 0.1) is 6.20 Å². The van der Waals surface area contributed by atoms with Crippen LogP contribution in [0.3, 0.4) is 0 Å². The third-order valence-corrected chi connectivity index (χ3v) is 4.88. The first-order chi connectivity index (χ1) is 10.7. The van der Waals surface area contributed by atoms with E-state index in [-0.39, 0.29) is 11.2 Å². The van der Waals surface area contributed by atoms with Gasteiger partial charge in [0.2, 0.25) is 0 Å². The Hall–Kier alpha value is -2.27. The molecule has 0 saturated heterocycles. The summed E-state index contributed by atoms with van der Waals surface area (Å²) in [4.78, 5) is 4.23. The van der Waals surface area contributed by atoms with Gasteiger partial charge in [-0.15, -0.1) is 0 Å². The number of aromatic amines is 1. The molecule has 2 aromatic heterocycles. The van der Waals surface area contributed by atoms with Gasteiger partial charge in [0.15, 0.2) is 5.65 Å². The van der Waals surface area contributed by atoms with Crippen molar-refractivity contribution < 1.29 is 4.39 Å². The fraction of sp³-hybridized carbons (Fsp3) is 0.294. The number of nitrogens with zero attached hydrogens (tertiary/aromatic N) is 2. The van der Waals surface area contributed by atoms with Gasteiger partial charge in [-0.25, -0.2) is 9.37 Å². The lowest BCUT2D eigenvalue weighted by Gasteiger charge is -2.41. The molecule has 3 N–H and O–H groups in total. The highest BCUT2D eigenvalue weighted by molar-refractivity contribution is 5.92. The van der Waals surface area contributed by atoms with Crippen LogP contribution in [-0.2, 0) is 5.41 Å². The van der Waals surface area contributed by atoms with Crippen LogP contribution in [0.4, 0.5) is 4.39 Å². The zero-order valence-electron chi connectivity index (χ0n) is 12.1. The molecule has 0 unspecified atom stereocenters. The molecule has 5 heteroatoms. The molecule has 1 aliphatic carbocycles. The van der Waals surface area contributed by atoms with Crippen LogP contribution in [0.5, 0.6) is 0 Å². The van der Waals surface area contributed by atoms with E-state index in [1.54, 1.807) is 24.5 Å². The van der Waals surface area contributed by atoms with E-state index in [4.69, 9.17) is 5.73 Å². The molecule has 1 saturated carbocycles. The first-order valence-electron chi connectivity index (χ1n) is 7.51. The van der Waals surface area contributed by atoms with Gasteiger partial charge in [0, 0.05) is 23.5 Å². The van der Waals surface area contributed by atoms with Crippen molar-refractivity contribution in [2.75, 3.05) is 6.54 Å². The average molecular weight is 296 g/mol. The number of hydrogen-bond donors (Lipinski definition) is 2. The Labute approximate surface area is 127 Å². The Balaban J connectivity index is 1.89. The third-order valence-electron chi connectivity index (χ3n) is 4.88. The maximum atomic E-state index is 14.2. The normalized spacial score (nSPS) is 16.6. The lowest BCUT2D eigenvalue weighted by molar-refractivity contribution is 0.252. The summed E-state index contributed by atoms with van der Waals surface area (Å²) in [7, 11) is 0. The Morgan fingerprint density at radius 1 is 1.27 bits per heavy atom. The summed E-state index contributed by atoms with van der Waals surface area (Å²) in [5.41, 5.74) is 9.41. The summed E-state index contributed by atoms with van der Waals surface area (Å²) in [5.74, 6) is -0.222. The van der Waals surface area contributed by atoms with Gasteiger partial charge in [-0.1, -0.05) is 12.5 Å². The van der Waals surface area contributed by atoms with Crippen LogP contribution in [-0.4, -0.2) is 21.7 Å². The highest BCUT2D eigenvalue weighted by Crippen LogP contribution is 2.44. The van der Waals surface area contributed by atoms with Gasteiger partial charge in [0.25, 0.3) is 0 Å². The molecule has 2 heterocycles. The lowest BCUT2D eigenvalue weighted by Crippen LogP contribution is -2.41. The highest BCUT2D eigenvalue weighted by Gasteiger charge is 2.37. The Morgan fingerprint density at radius 2 is 2.14 bits per heavy atom. The molecule has 0 atom stereocenters. The molecule has 1 fully saturated rings. The second-order valence-corrected chi connectivity index (χ2v) is 6.06. The smallest absolute Gasteiger partial charge is 0.155 e. The molecule has 1 aromatic carbocycles. The van der Waals surface area contributed by atoms with Crippen molar-refractivity contribution in [3.8, 4) is 11.1 Å². The molecule has 1 aliphatic rings. The number of nitrogens with two attached hydrogens (primary N) is 1. The molecule has 4 nitrogen and oxygen atoms in total. The van der Waals surface area contributed by atoms with Gasteiger partial charge >= 0.3 is 0 Å². The van der Waals surface area contributed by atoms with E-state index in [0.717, 1.165) is 41.3 Å². The van der Waals surface area contributed by atoms with E-state index in [0.29, 0.717) is 12.2 Å². The predicted octanol–water partition coefficient (Wildman–Crippen LogP) is 3.14. The van der Waals surface area contributed by atoms with Crippen molar-refractivity contribution >= 4 is 11.0 Å². The summed E-state index contributed by atoms with van der Waals surface area (Å²) < 4.78 is 14.2. The first kappa shape index (κ1) is 13.4. The van der Waals surface area contributed by atoms with Crippen molar-refractivity contribution in [1.29, 1.82) is 0 Å². The summed E-state index contributed by atoms with van der Waals surface area (Å²) in [6.45, 7) is 0.563. The van der Waals surface area contributed by atoms with Crippen molar-refractivity contribution in [3.63, 3.8) is 0 Å². The van der Waals surface area contributed by atoms with Crippen LogP contribution in [0, 0.1) is 5.82 Å². The summed E-state index contributed by atoms with van der Waals surface area (Å²) >= 11 is 0. The number of fused-ring (bicyclic) bond motifs is 1. The molecule has 112 valence electrons. The van der Waals surface area contributed by atoms with Crippen LogP contribution < -0.4 is 5.73 Å². The van der Waals surface area contributed by atoms with Crippen LogP contribution in [0.2, 0.25) is 0 Å². The minimum Gasteiger partial charge on any atom is -0.330 e. The standard InChI is InChI=1S/C17H17FN4/c18-13-7-11(6-12(8-13)17(10-19)3-1-4-17)14-2-5-20-16-15(14)9-21-22-16/h2,5-9H,1,3-4,10,19H2,(H,20,21,22). The van der Waals surface area contributed by atoms with E-state index in [1.165, 1.54) is 0 Å². The lowest BCUT2D eigenvalue weighted by atomic mass is 9.64. The van der Waals surface area contributed by atoms with E-state index < -0.39 is 0 Å². The quantitative estimate of drug-likeness (QED) is 0.780. The molecular weight excluding hydrogens is 279 g/mol. The zero-order valence-corrected chi connectivity index (χ0v) is 12.1. The van der Waals surface area contributed by atoms with Crippen LogP contribution in [0.15, 0.2) is 36.7 Å². The van der Waals surface area contributed by atoms with Crippen molar-refractivity contribution in [1.82, 2.24) is 15.2 Å². The minimum atomic E-state index is -0.222. The van der Waals surface area contributed by atoms with E-state index in [2.05, 4.69) is 21.2 Å². The molecule has 0 radical (unpaired) electrons. The number of H-pyrrole nitrogens is 1. The van der Waals surface area contributed by atoms with E-state index in [9.17, 15) is 4.39 Å². The fourth-order valence-electron chi connectivity index (χ4n) is 3.37. The Kier molecular flexibility index (Phi) is 2.97. The number of nitrogens with one attached hydrogen (secondary N) is 1. The number of rotatable bonds is 3. The van der Waals surface area contributed by atoms with Gasteiger partial charge in [-0.2, -0.15) is 5.10 Å². The van der Waals surface area contributed by atoms with Crippen LogP contribution >= 0.6 is 0 Å². The molecule has 4 rings (SSSR count). The third kappa shape index (κ3) is 1.93. The number of hydrogen-bond acceptors (Lipinski definition) is 3. The summed E-state index contributed by atoms with van der Waals surface area (Å²) in [6, 6.07) is 7.15. The molecule has 0 aliphatic heterocycles. The highest BCUT2D eigenvalue weighted by atomic mass is 19.1.